The molecule has 0 radical (unpaired) electrons. The number of rotatable bonds is 7. The summed E-state index contributed by atoms with van der Waals surface area (Å²) in [6, 6.07) is 24.0. The van der Waals surface area contributed by atoms with Gasteiger partial charge in [0, 0.05) is 23.3 Å². The van der Waals surface area contributed by atoms with E-state index in [1.54, 1.807) is 0 Å². The van der Waals surface area contributed by atoms with Crippen LogP contribution in [0.15, 0.2) is 66.7 Å². The van der Waals surface area contributed by atoms with E-state index in [1.165, 1.54) is 76.8 Å². The molecule has 5 rings (SSSR count). The molecule has 0 atom stereocenters. The number of aryl methyl sites for hydroxylation is 3. The Morgan fingerprint density at radius 2 is 1.53 bits per heavy atom. The van der Waals surface area contributed by atoms with Crippen molar-refractivity contribution in [2.24, 2.45) is 0 Å². The molecule has 0 spiro atoms. The van der Waals surface area contributed by atoms with Gasteiger partial charge in [-0.2, -0.15) is 0 Å². The van der Waals surface area contributed by atoms with Crippen LogP contribution in [0.25, 0.3) is 22.2 Å². The van der Waals surface area contributed by atoms with E-state index in [-0.39, 0.29) is 0 Å². The van der Waals surface area contributed by atoms with Crippen molar-refractivity contribution in [3.05, 3.63) is 89.0 Å². The molecule has 0 aliphatic carbocycles. The Balaban J connectivity index is 0.000000445. The van der Waals surface area contributed by atoms with E-state index in [2.05, 4.69) is 97.4 Å². The second-order valence-electron chi connectivity index (χ2n) is 9.79. The molecule has 0 saturated carbocycles. The summed E-state index contributed by atoms with van der Waals surface area (Å²) in [6.45, 7) is 10.5. The maximum atomic E-state index is 5.75. The fourth-order valence-corrected chi connectivity index (χ4v) is 4.91. The Labute approximate surface area is 221 Å². The van der Waals surface area contributed by atoms with Gasteiger partial charge in [-0.05, 0) is 94.1 Å². The smallest absolute Gasteiger partial charge is 0.119 e. The molecule has 0 unspecified atom stereocenters. The predicted molar refractivity (Wildman–Crippen MR) is 155 cm³/mol. The monoisotopic (exact) mass is 502 g/mol. The van der Waals surface area contributed by atoms with Gasteiger partial charge in [-0.15, -0.1) is 11.6 Å². The topological polar surface area (TPSA) is 26.2 Å². The van der Waals surface area contributed by atoms with Crippen LogP contribution in [-0.2, 0) is 6.54 Å². The molecule has 4 heteroatoms. The summed E-state index contributed by atoms with van der Waals surface area (Å²) >= 11 is 5.73. The van der Waals surface area contributed by atoms with Crippen molar-refractivity contribution in [2.75, 3.05) is 25.6 Å². The third-order valence-electron chi connectivity index (χ3n) is 6.81. The first-order valence-electron chi connectivity index (χ1n) is 13.2. The molecule has 1 N–H and O–H groups in total. The number of alkyl halides is 1. The lowest BCUT2D eigenvalue weighted by atomic mass is 10.0. The minimum atomic E-state index is 0.624. The number of benzene rings is 3. The molecule has 36 heavy (non-hydrogen) atoms. The van der Waals surface area contributed by atoms with Gasteiger partial charge in [-0.25, -0.2) is 0 Å². The number of hydrogen-bond acceptors (Lipinski definition) is 2. The van der Waals surface area contributed by atoms with Crippen molar-refractivity contribution >= 4 is 22.5 Å². The summed E-state index contributed by atoms with van der Waals surface area (Å²) < 4.78 is 8.19. The van der Waals surface area contributed by atoms with Gasteiger partial charge in [0.2, 0.25) is 0 Å². The summed E-state index contributed by atoms with van der Waals surface area (Å²) in [4.78, 5) is 0. The Morgan fingerprint density at radius 3 is 2.14 bits per heavy atom. The van der Waals surface area contributed by atoms with Gasteiger partial charge in [0.15, 0.2) is 0 Å². The van der Waals surface area contributed by atoms with Crippen molar-refractivity contribution in [1.29, 1.82) is 0 Å². The Hall–Kier alpha value is -2.75. The highest BCUT2D eigenvalue weighted by Gasteiger charge is 2.16. The van der Waals surface area contributed by atoms with Crippen molar-refractivity contribution in [3.8, 4) is 17.0 Å². The zero-order valence-electron chi connectivity index (χ0n) is 21.9. The number of piperidine rings is 1. The normalized spacial score (nSPS) is 13.3. The highest BCUT2D eigenvalue weighted by atomic mass is 35.5. The number of aromatic nitrogens is 1. The summed E-state index contributed by atoms with van der Waals surface area (Å²) in [5, 5.41) is 4.61. The molecule has 4 aromatic rings. The van der Waals surface area contributed by atoms with Gasteiger partial charge in [-0.1, -0.05) is 60.0 Å². The SMILES string of the molecule is C1CCNCC1.Cc1ccc(-c2c(C)c3cc(C)ccc3n2Cc2ccc(OCCCCl)cc2)cc1. The molecular formula is C32H39ClN2O. The Kier molecular flexibility index (Phi) is 9.49. The summed E-state index contributed by atoms with van der Waals surface area (Å²) in [7, 11) is 0. The average Bonchev–Trinajstić information content (AvgIpc) is 3.17. The molecule has 3 aromatic carbocycles. The molecule has 0 bridgehead atoms. The first kappa shape index (κ1) is 26.3. The van der Waals surface area contributed by atoms with Crippen LogP contribution in [0.2, 0.25) is 0 Å². The van der Waals surface area contributed by atoms with Gasteiger partial charge in [0.25, 0.3) is 0 Å². The van der Waals surface area contributed by atoms with Gasteiger partial charge in [0.1, 0.15) is 5.75 Å². The molecule has 1 aliphatic rings. The van der Waals surface area contributed by atoms with Crippen LogP contribution in [0.1, 0.15) is 47.9 Å². The van der Waals surface area contributed by atoms with E-state index in [0.29, 0.717) is 12.5 Å². The Bertz CT molecular complexity index is 1230. The van der Waals surface area contributed by atoms with E-state index in [0.717, 1.165) is 18.7 Å². The van der Waals surface area contributed by atoms with Crippen molar-refractivity contribution in [1.82, 2.24) is 9.88 Å². The molecular weight excluding hydrogens is 464 g/mol. The van der Waals surface area contributed by atoms with Crippen LogP contribution in [0.4, 0.5) is 0 Å². The highest BCUT2D eigenvalue weighted by molar-refractivity contribution is 6.17. The predicted octanol–water partition coefficient (Wildman–Crippen LogP) is 8.05. The molecule has 1 aromatic heterocycles. The standard InChI is InChI=1S/C27H28ClNO.C5H11N/c1-19-5-10-23(11-6-19)27-21(3)25-17-20(2)7-14-26(25)29(27)18-22-8-12-24(13-9-22)30-16-4-15-28;1-2-4-6-5-3-1/h5-14,17H,4,15-16,18H2,1-3H3;6H,1-5H2. The van der Waals surface area contributed by atoms with E-state index < -0.39 is 0 Å². The van der Waals surface area contributed by atoms with E-state index >= 15 is 0 Å². The fraction of sp³-hybridized carbons (Fsp3) is 0.375. The van der Waals surface area contributed by atoms with Gasteiger partial charge in [0.05, 0.1) is 12.3 Å². The van der Waals surface area contributed by atoms with Crippen molar-refractivity contribution in [3.63, 3.8) is 0 Å². The van der Waals surface area contributed by atoms with E-state index in [1.807, 2.05) is 0 Å². The number of nitrogens with zero attached hydrogens (tertiary/aromatic N) is 1. The number of ether oxygens (including phenoxy) is 1. The minimum Gasteiger partial charge on any atom is -0.494 e. The molecule has 190 valence electrons. The van der Waals surface area contributed by atoms with Crippen LogP contribution < -0.4 is 10.1 Å². The first-order valence-corrected chi connectivity index (χ1v) is 13.7. The van der Waals surface area contributed by atoms with Crippen LogP contribution in [0.3, 0.4) is 0 Å². The molecule has 1 aliphatic heterocycles. The van der Waals surface area contributed by atoms with Crippen LogP contribution in [0, 0.1) is 20.8 Å². The lowest BCUT2D eigenvalue weighted by Gasteiger charge is -2.13. The van der Waals surface area contributed by atoms with Gasteiger partial charge >= 0.3 is 0 Å². The molecule has 0 amide bonds. The van der Waals surface area contributed by atoms with Crippen LogP contribution in [-0.4, -0.2) is 30.1 Å². The van der Waals surface area contributed by atoms with Crippen molar-refractivity contribution < 1.29 is 4.74 Å². The van der Waals surface area contributed by atoms with Crippen molar-refractivity contribution in [2.45, 2.75) is 53.0 Å². The van der Waals surface area contributed by atoms with Crippen LogP contribution in [0.5, 0.6) is 5.75 Å². The van der Waals surface area contributed by atoms with E-state index in [4.69, 9.17) is 16.3 Å². The fourth-order valence-electron chi connectivity index (χ4n) is 4.80. The Morgan fingerprint density at radius 1 is 0.833 bits per heavy atom. The molecule has 3 nitrogen and oxygen atoms in total. The molecule has 2 heterocycles. The second kappa shape index (κ2) is 13.0. The number of hydrogen-bond donors (Lipinski definition) is 1. The quantitative estimate of drug-likeness (QED) is 0.204. The average molecular weight is 503 g/mol. The zero-order chi connectivity index (χ0) is 25.3. The number of nitrogens with one attached hydrogen (secondary N) is 1. The largest absolute Gasteiger partial charge is 0.494 e. The molecule has 1 saturated heterocycles. The summed E-state index contributed by atoms with van der Waals surface area (Å²) in [6.07, 6.45) is 5.07. The molecule has 1 fully saturated rings. The third kappa shape index (κ3) is 6.72. The number of fused-ring (bicyclic) bond motifs is 1. The maximum Gasteiger partial charge on any atom is 0.119 e. The van der Waals surface area contributed by atoms with Gasteiger partial charge in [-0.3, -0.25) is 0 Å². The second-order valence-corrected chi connectivity index (χ2v) is 10.2. The summed E-state index contributed by atoms with van der Waals surface area (Å²) in [5.41, 5.74) is 8.97. The highest BCUT2D eigenvalue weighted by Crippen LogP contribution is 2.35. The summed E-state index contributed by atoms with van der Waals surface area (Å²) in [5.74, 6) is 1.52. The van der Waals surface area contributed by atoms with Gasteiger partial charge < -0.3 is 14.6 Å². The lowest BCUT2D eigenvalue weighted by molar-refractivity contribution is 0.318. The van der Waals surface area contributed by atoms with E-state index in [9.17, 15) is 0 Å². The third-order valence-corrected chi connectivity index (χ3v) is 7.08. The maximum absolute atomic E-state index is 5.75. The zero-order valence-corrected chi connectivity index (χ0v) is 22.7. The first-order chi connectivity index (χ1) is 17.6. The lowest BCUT2D eigenvalue weighted by Crippen LogP contribution is -2.21. The minimum absolute atomic E-state index is 0.624. The van der Waals surface area contributed by atoms with Crippen LogP contribution >= 0.6 is 11.6 Å². The number of halogens is 1.